The van der Waals surface area contributed by atoms with Gasteiger partial charge in [0.05, 0.1) is 19.0 Å². The molecule has 0 amide bonds. The molecule has 25 heavy (non-hydrogen) atoms. The monoisotopic (exact) mass is 336 g/mol. The maximum Gasteiger partial charge on any atom is 0.150 e. The van der Waals surface area contributed by atoms with Crippen molar-refractivity contribution in [1.82, 2.24) is 20.0 Å². The summed E-state index contributed by atoms with van der Waals surface area (Å²) in [5, 5.41) is 12.6. The lowest BCUT2D eigenvalue weighted by Gasteiger charge is -2.22. The van der Waals surface area contributed by atoms with Gasteiger partial charge in [-0.2, -0.15) is 15.3 Å². The zero-order chi connectivity index (χ0) is 17.1. The van der Waals surface area contributed by atoms with E-state index >= 15 is 0 Å². The van der Waals surface area contributed by atoms with Crippen molar-refractivity contribution in [1.29, 1.82) is 0 Å². The van der Waals surface area contributed by atoms with Crippen LogP contribution < -0.4 is 4.74 Å². The van der Waals surface area contributed by atoms with Crippen LogP contribution in [-0.2, 0) is 4.74 Å². The molecule has 1 aromatic carbocycles. The maximum absolute atomic E-state index is 5.80. The number of methoxy groups -OCH3 is 1. The van der Waals surface area contributed by atoms with Gasteiger partial charge in [0.2, 0.25) is 0 Å². The van der Waals surface area contributed by atoms with Crippen molar-refractivity contribution >= 4 is 0 Å². The van der Waals surface area contributed by atoms with E-state index in [2.05, 4.69) is 21.4 Å². The first-order valence-electron chi connectivity index (χ1n) is 8.47. The predicted molar refractivity (Wildman–Crippen MR) is 94.1 cm³/mol. The van der Waals surface area contributed by atoms with Crippen LogP contribution in [0.5, 0.6) is 5.75 Å². The molecule has 2 aromatic heterocycles. The first kappa shape index (κ1) is 15.8. The van der Waals surface area contributed by atoms with Gasteiger partial charge in [-0.25, -0.2) is 4.68 Å². The second-order valence-electron chi connectivity index (χ2n) is 6.05. The predicted octanol–water partition coefficient (Wildman–Crippen LogP) is 3.71. The SMILES string of the molecule is COc1cc(-c2cnn(C3CCCCO3)c2)ccc1-c1cccnn1. The van der Waals surface area contributed by atoms with Gasteiger partial charge in [-0.3, -0.25) is 0 Å². The Balaban J connectivity index is 1.64. The highest BCUT2D eigenvalue weighted by Gasteiger charge is 2.17. The highest BCUT2D eigenvalue weighted by molar-refractivity contribution is 5.74. The summed E-state index contributed by atoms with van der Waals surface area (Å²) in [5.41, 5.74) is 3.80. The third-order valence-corrected chi connectivity index (χ3v) is 4.44. The molecule has 6 nitrogen and oxygen atoms in total. The molecule has 0 radical (unpaired) electrons. The molecule has 6 heteroatoms. The topological polar surface area (TPSA) is 62.1 Å². The van der Waals surface area contributed by atoms with Crippen molar-refractivity contribution < 1.29 is 9.47 Å². The maximum atomic E-state index is 5.80. The molecule has 3 aromatic rings. The number of hydrogen-bond donors (Lipinski definition) is 0. The molecule has 1 unspecified atom stereocenters. The molecule has 0 aliphatic carbocycles. The fourth-order valence-electron chi connectivity index (χ4n) is 3.10. The smallest absolute Gasteiger partial charge is 0.150 e. The molecule has 1 aliphatic rings. The fourth-order valence-corrected chi connectivity index (χ4v) is 3.10. The Hall–Kier alpha value is -2.73. The normalized spacial score (nSPS) is 17.4. The summed E-state index contributed by atoms with van der Waals surface area (Å²) in [5.74, 6) is 0.764. The van der Waals surface area contributed by atoms with Gasteiger partial charge in [-0.15, -0.1) is 0 Å². The summed E-state index contributed by atoms with van der Waals surface area (Å²) in [7, 11) is 1.66. The Bertz CT molecular complexity index is 842. The van der Waals surface area contributed by atoms with Gasteiger partial charge < -0.3 is 9.47 Å². The first-order chi connectivity index (χ1) is 12.3. The lowest BCUT2D eigenvalue weighted by Crippen LogP contribution is -2.18. The number of rotatable bonds is 4. The van der Waals surface area contributed by atoms with E-state index in [0.717, 1.165) is 47.6 Å². The van der Waals surface area contributed by atoms with Crippen LogP contribution in [0.2, 0.25) is 0 Å². The van der Waals surface area contributed by atoms with Crippen LogP contribution in [0.1, 0.15) is 25.5 Å². The largest absolute Gasteiger partial charge is 0.496 e. The zero-order valence-corrected chi connectivity index (χ0v) is 14.1. The Morgan fingerprint density at radius 2 is 2.16 bits per heavy atom. The van der Waals surface area contributed by atoms with Crippen molar-refractivity contribution in [3.8, 4) is 28.1 Å². The lowest BCUT2D eigenvalue weighted by atomic mass is 10.0. The average Bonchev–Trinajstić information content (AvgIpc) is 3.19. The minimum atomic E-state index is 0.0447. The van der Waals surface area contributed by atoms with E-state index < -0.39 is 0 Å². The van der Waals surface area contributed by atoms with Gasteiger partial charge in [0.15, 0.2) is 0 Å². The van der Waals surface area contributed by atoms with Crippen LogP contribution in [0, 0.1) is 0 Å². The second-order valence-corrected chi connectivity index (χ2v) is 6.05. The van der Waals surface area contributed by atoms with Crippen LogP contribution >= 0.6 is 0 Å². The number of nitrogens with zero attached hydrogens (tertiary/aromatic N) is 4. The molecule has 1 fully saturated rings. The molecule has 0 N–H and O–H groups in total. The van der Waals surface area contributed by atoms with Gasteiger partial charge in [-0.05, 0) is 49.1 Å². The van der Waals surface area contributed by atoms with E-state index in [1.54, 1.807) is 13.3 Å². The lowest BCUT2D eigenvalue weighted by molar-refractivity contribution is -0.0394. The third-order valence-electron chi connectivity index (χ3n) is 4.44. The molecule has 0 spiro atoms. The Morgan fingerprint density at radius 1 is 1.20 bits per heavy atom. The van der Waals surface area contributed by atoms with Gasteiger partial charge >= 0.3 is 0 Å². The zero-order valence-electron chi connectivity index (χ0n) is 14.1. The first-order valence-corrected chi connectivity index (χ1v) is 8.47. The standard InChI is InChI=1S/C19H20N4O2/c1-24-18-11-14(7-8-16(18)17-5-4-9-20-22-17)15-12-21-23(13-15)19-6-2-3-10-25-19/h4-5,7-9,11-13,19H,2-3,6,10H2,1H3. The highest BCUT2D eigenvalue weighted by atomic mass is 16.5. The molecule has 1 aliphatic heterocycles. The van der Waals surface area contributed by atoms with Gasteiger partial charge in [0.1, 0.15) is 12.0 Å². The number of aromatic nitrogens is 4. The van der Waals surface area contributed by atoms with Crippen LogP contribution in [-0.4, -0.2) is 33.7 Å². The van der Waals surface area contributed by atoms with Gasteiger partial charge in [0.25, 0.3) is 0 Å². The quantitative estimate of drug-likeness (QED) is 0.727. The second kappa shape index (κ2) is 7.03. The van der Waals surface area contributed by atoms with Crippen LogP contribution in [0.3, 0.4) is 0 Å². The molecule has 4 rings (SSSR count). The van der Waals surface area contributed by atoms with Crippen molar-refractivity contribution in [2.75, 3.05) is 13.7 Å². The van der Waals surface area contributed by atoms with E-state index in [4.69, 9.17) is 9.47 Å². The molecule has 128 valence electrons. The number of benzene rings is 1. The van der Waals surface area contributed by atoms with E-state index in [1.165, 1.54) is 6.42 Å². The number of ether oxygens (including phenoxy) is 2. The summed E-state index contributed by atoms with van der Waals surface area (Å²) < 4.78 is 13.3. The van der Waals surface area contributed by atoms with Gasteiger partial charge in [0, 0.05) is 30.1 Å². The Labute approximate surface area is 146 Å². The summed E-state index contributed by atoms with van der Waals surface area (Å²) >= 11 is 0. The number of hydrogen-bond acceptors (Lipinski definition) is 5. The summed E-state index contributed by atoms with van der Waals surface area (Å²) in [6, 6.07) is 9.85. The molecule has 0 bridgehead atoms. The molecular weight excluding hydrogens is 316 g/mol. The molecule has 3 heterocycles. The van der Waals surface area contributed by atoms with Crippen molar-refractivity contribution in [2.24, 2.45) is 0 Å². The Kier molecular flexibility index (Phi) is 4.43. The third kappa shape index (κ3) is 3.25. The average molecular weight is 336 g/mol. The van der Waals surface area contributed by atoms with E-state index in [-0.39, 0.29) is 6.23 Å². The van der Waals surface area contributed by atoms with Crippen LogP contribution in [0.4, 0.5) is 0 Å². The van der Waals surface area contributed by atoms with Crippen molar-refractivity contribution in [2.45, 2.75) is 25.5 Å². The molecule has 1 saturated heterocycles. The summed E-state index contributed by atoms with van der Waals surface area (Å²) in [4.78, 5) is 0. The summed E-state index contributed by atoms with van der Waals surface area (Å²) in [6.07, 6.45) is 8.93. The minimum Gasteiger partial charge on any atom is -0.496 e. The minimum absolute atomic E-state index is 0.0447. The van der Waals surface area contributed by atoms with E-state index in [9.17, 15) is 0 Å². The van der Waals surface area contributed by atoms with Crippen LogP contribution in [0.25, 0.3) is 22.4 Å². The fraction of sp³-hybridized carbons (Fsp3) is 0.316. The molecule has 1 atom stereocenters. The van der Waals surface area contributed by atoms with Crippen molar-refractivity contribution in [3.63, 3.8) is 0 Å². The molecule has 0 saturated carbocycles. The molecular formula is C19H20N4O2. The van der Waals surface area contributed by atoms with Gasteiger partial charge in [-0.1, -0.05) is 6.07 Å². The van der Waals surface area contributed by atoms with E-state index in [0.29, 0.717) is 0 Å². The van der Waals surface area contributed by atoms with Crippen LogP contribution in [0.15, 0.2) is 48.9 Å². The summed E-state index contributed by atoms with van der Waals surface area (Å²) in [6.45, 7) is 0.806. The van der Waals surface area contributed by atoms with E-state index in [1.807, 2.05) is 41.3 Å². The highest BCUT2D eigenvalue weighted by Crippen LogP contribution is 2.33. The van der Waals surface area contributed by atoms with Crippen molar-refractivity contribution in [3.05, 3.63) is 48.9 Å². The Morgan fingerprint density at radius 3 is 2.92 bits per heavy atom.